The first-order chi connectivity index (χ1) is 7.61. The molecule has 1 heterocycles. The van der Waals surface area contributed by atoms with Crippen LogP contribution in [0.15, 0.2) is 34.2 Å². The number of aryl methyl sites for hydroxylation is 1. The highest BCUT2D eigenvalue weighted by Crippen LogP contribution is 2.45. The molecule has 0 spiro atoms. The second-order valence-electron chi connectivity index (χ2n) is 3.91. The summed E-state index contributed by atoms with van der Waals surface area (Å²) in [5, 5.41) is 1.04. The number of carbonyl (C=O) groups excluding carboxylic acids is 1. The van der Waals surface area contributed by atoms with Gasteiger partial charge in [-0.2, -0.15) is 0 Å². The van der Waals surface area contributed by atoms with Crippen LogP contribution in [0.5, 0.6) is 0 Å². The summed E-state index contributed by atoms with van der Waals surface area (Å²) < 4.78 is 0. The van der Waals surface area contributed by atoms with E-state index < -0.39 is 0 Å². The lowest BCUT2D eigenvalue weighted by molar-refractivity contribution is -0.112. The maximum Gasteiger partial charge on any atom is 0.155 e. The summed E-state index contributed by atoms with van der Waals surface area (Å²) in [6, 6.07) is 6.41. The normalized spacial score (nSPS) is 16.7. The molecule has 2 rings (SSSR count). The van der Waals surface area contributed by atoms with E-state index in [0.29, 0.717) is 0 Å². The number of hydrogen-bond donors (Lipinski definition) is 0. The Kier molecular flexibility index (Phi) is 3.06. The van der Waals surface area contributed by atoms with Gasteiger partial charge in [0.2, 0.25) is 0 Å². The summed E-state index contributed by atoms with van der Waals surface area (Å²) in [4.78, 5) is 14.6. The van der Waals surface area contributed by atoms with Crippen LogP contribution in [0.3, 0.4) is 0 Å². The predicted octanol–water partition coefficient (Wildman–Crippen LogP) is 3.36. The van der Waals surface area contributed by atoms with Crippen molar-refractivity contribution in [1.82, 2.24) is 0 Å². The Bertz CT molecular complexity index is 465. The first kappa shape index (κ1) is 11.3. The summed E-state index contributed by atoms with van der Waals surface area (Å²) in [6.45, 7) is 6.67. The molecule has 1 aliphatic heterocycles. The first-order valence-electron chi connectivity index (χ1n) is 5.40. The Labute approximate surface area is 100 Å². The van der Waals surface area contributed by atoms with Crippen LogP contribution in [0.1, 0.15) is 19.4 Å². The number of benzene rings is 1. The quantitative estimate of drug-likeness (QED) is 0.731. The number of hydrogen-bond acceptors (Lipinski definition) is 3. The number of allylic oxidation sites excluding steroid dienone is 1. The highest BCUT2D eigenvalue weighted by Gasteiger charge is 2.23. The van der Waals surface area contributed by atoms with E-state index in [2.05, 4.69) is 36.9 Å². The molecule has 3 heteroatoms. The van der Waals surface area contributed by atoms with Gasteiger partial charge >= 0.3 is 0 Å². The van der Waals surface area contributed by atoms with Gasteiger partial charge in [-0.05, 0) is 38.5 Å². The molecular formula is C13H15NOS. The van der Waals surface area contributed by atoms with E-state index in [1.807, 2.05) is 0 Å². The highest BCUT2D eigenvalue weighted by atomic mass is 32.2. The third kappa shape index (κ3) is 2.00. The molecule has 0 fully saturated rings. The number of rotatable bonds is 2. The van der Waals surface area contributed by atoms with Gasteiger partial charge < -0.3 is 4.90 Å². The van der Waals surface area contributed by atoms with Crippen LogP contribution in [0.25, 0.3) is 0 Å². The summed E-state index contributed by atoms with van der Waals surface area (Å²) in [6.07, 6.45) is 1.71. The molecule has 1 aliphatic rings. The van der Waals surface area contributed by atoms with E-state index in [0.717, 1.165) is 11.6 Å². The van der Waals surface area contributed by atoms with Gasteiger partial charge in [-0.1, -0.05) is 17.8 Å². The van der Waals surface area contributed by atoms with Crippen molar-refractivity contribution >= 4 is 23.2 Å². The van der Waals surface area contributed by atoms with Crippen LogP contribution < -0.4 is 4.90 Å². The predicted molar refractivity (Wildman–Crippen MR) is 68.8 cm³/mol. The summed E-state index contributed by atoms with van der Waals surface area (Å²) in [5.74, 6) is 0.102. The van der Waals surface area contributed by atoms with E-state index in [1.165, 1.54) is 16.1 Å². The lowest BCUT2D eigenvalue weighted by Gasteiger charge is -2.17. The first-order valence-corrected chi connectivity index (χ1v) is 6.21. The van der Waals surface area contributed by atoms with E-state index in [4.69, 9.17) is 0 Å². The van der Waals surface area contributed by atoms with E-state index >= 15 is 0 Å². The molecule has 1 aromatic carbocycles. The average Bonchev–Trinajstić information content (AvgIpc) is 2.52. The van der Waals surface area contributed by atoms with E-state index in [-0.39, 0.29) is 5.78 Å². The minimum atomic E-state index is 0.102. The number of fused-ring (bicyclic) bond motifs is 1. The SMILES string of the molecule is CCN1/C(=C/C(C)=O)Sc2cc(C)ccc21. The van der Waals surface area contributed by atoms with Crippen molar-refractivity contribution in [3.8, 4) is 0 Å². The summed E-state index contributed by atoms with van der Waals surface area (Å²) >= 11 is 1.68. The molecule has 0 amide bonds. The molecule has 0 radical (unpaired) electrons. The van der Waals surface area contributed by atoms with Gasteiger partial charge in [-0.15, -0.1) is 0 Å². The lowest BCUT2D eigenvalue weighted by Crippen LogP contribution is -2.17. The van der Waals surface area contributed by atoms with Crippen LogP contribution in [-0.2, 0) is 4.79 Å². The number of nitrogens with zero attached hydrogens (tertiary/aromatic N) is 1. The number of thioether (sulfide) groups is 1. The van der Waals surface area contributed by atoms with Gasteiger partial charge in [-0.3, -0.25) is 4.79 Å². The zero-order valence-corrected chi connectivity index (χ0v) is 10.6. The van der Waals surface area contributed by atoms with Crippen LogP contribution >= 0.6 is 11.8 Å². The lowest BCUT2D eigenvalue weighted by atomic mass is 10.2. The zero-order valence-electron chi connectivity index (χ0n) is 9.78. The average molecular weight is 233 g/mol. The molecule has 0 aromatic heterocycles. The molecule has 0 N–H and O–H groups in total. The Balaban J connectivity index is 2.43. The molecule has 0 unspecified atom stereocenters. The number of ketones is 1. The van der Waals surface area contributed by atoms with Gasteiger partial charge in [0.05, 0.1) is 10.7 Å². The van der Waals surface area contributed by atoms with E-state index in [1.54, 1.807) is 24.8 Å². The highest BCUT2D eigenvalue weighted by molar-refractivity contribution is 8.03. The molecule has 0 aliphatic carbocycles. The van der Waals surface area contributed by atoms with Crippen molar-refractivity contribution in [3.05, 3.63) is 34.9 Å². The standard InChI is InChI=1S/C13H15NOS/c1-4-14-11-6-5-9(2)7-12(11)16-13(14)8-10(3)15/h5-8H,4H2,1-3H3/b13-8-. The topological polar surface area (TPSA) is 20.3 Å². The Morgan fingerprint density at radius 2 is 2.25 bits per heavy atom. The van der Waals surface area contributed by atoms with Gasteiger partial charge in [-0.25, -0.2) is 0 Å². The molecule has 0 bridgehead atoms. The third-order valence-corrected chi connectivity index (χ3v) is 3.62. The third-order valence-electron chi connectivity index (χ3n) is 2.53. The fourth-order valence-electron chi connectivity index (χ4n) is 1.82. The summed E-state index contributed by atoms with van der Waals surface area (Å²) in [7, 11) is 0. The Morgan fingerprint density at radius 1 is 1.50 bits per heavy atom. The summed E-state index contributed by atoms with van der Waals surface area (Å²) in [5.41, 5.74) is 2.47. The van der Waals surface area contributed by atoms with Crippen molar-refractivity contribution in [2.45, 2.75) is 25.7 Å². The van der Waals surface area contributed by atoms with Crippen LogP contribution in [0, 0.1) is 6.92 Å². The molecule has 0 atom stereocenters. The minimum absolute atomic E-state index is 0.102. The molecule has 0 saturated heterocycles. The van der Waals surface area contributed by atoms with Gasteiger partial charge in [0.15, 0.2) is 5.78 Å². The minimum Gasteiger partial charge on any atom is -0.335 e. The van der Waals surface area contributed by atoms with Gasteiger partial charge in [0.25, 0.3) is 0 Å². The van der Waals surface area contributed by atoms with Crippen molar-refractivity contribution in [3.63, 3.8) is 0 Å². The largest absolute Gasteiger partial charge is 0.335 e. The molecule has 84 valence electrons. The van der Waals surface area contributed by atoms with Crippen molar-refractivity contribution < 1.29 is 4.79 Å². The van der Waals surface area contributed by atoms with Gasteiger partial charge in [0, 0.05) is 17.5 Å². The Hall–Kier alpha value is -1.22. The van der Waals surface area contributed by atoms with Crippen LogP contribution in [-0.4, -0.2) is 12.3 Å². The van der Waals surface area contributed by atoms with Crippen LogP contribution in [0.4, 0.5) is 5.69 Å². The van der Waals surface area contributed by atoms with Crippen molar-refractivity contribution in [1.29, 1.82) is 0 Å². The fraction of sp³-hybridized carbons (Fsp3) is 0.308. The van der Waals surface area contributed by atoms with Crippen molar-refractivity contribution in [2.24, 2.45) is 0 Å². The smallest absolute Gasteiger partial charge is 0.155 e. The van der Waals surface area contributed by atoms with Crippen molar-refractivity contribution in [2.75, 3.05) is 11.4 Å². The maximum atomic E-state index is 11.2. The molecule has 16 heavy (non-hydrogen) atoms. The van der Waals surface area contributed by atoms with E-state index in [9.17, 15) is 4.79 Å². The number of carbonyl (C=O) groups is 1. The van der Waals surface area contributed by atoms with Gasteiger partial charge in [0.1, 0.15) is 0 Å². The molecule has 0 saturated carbocycles. The second-order valence-corrected chi connectivity index (χ2v) is 4.97. The second kappa shape index (κ2) is 4.34. The molecule has 2 nitrogen and oxygen atoms in total. The maximum absolute atomic E-state index is 11.2. The van der Waals surface area contributed by atoms with Crippen LogP contribution in [0.2, 0.25) is 0 Å². The molecular weight excluding hydrogens is 218 g/mol. The monoisotopic (exact) mass is 233 g/mol. The Morgan fingerprint density at radius 3 is 2.88 bits per heavy atom. The molecule has 1 aromatic rings. The fourth-order valence-corrected chi connectivity index (χ4v) is 3.14. The zero-order chi connectivity index (χ0) is 11.7. The number of anilines is 1.